The lowest BCUT2D eigenvalue weighted by atomic mass is 10.0. The van der Waals surface area contributed by atoms with E-state index in [4.69, 9.17) is 10.9 Å². The Bertz CT molecular complexity index is 209. The molecule has 0 rings (SSSR count). The number of amidine groups is 1. The Morgan fingerprint density at radius 3 is 2.44 bits per heavy atom. The van der Waals surface area contributed by atoms with Gasteiger partial charge in [0.25, 0.3) is 0 Å². The summed E-state index contributed by atoms with van der Waals surface area (Å²) < 4.78 is 0.305. The summed E-state index contributed by atoms with van der Waals surface area (Å²) in [7, 11) is 0. The molecule has 4 N–H and O–H groups in total. The van der Waals surface area contributed by atoms with Gasteiger partial charge in [-0.2, -0.15) is 11.8 Å². The maximum atomic E-state index is 8.48. The zero-order valence-corrected chi connectivity index (χ0v) is 11.6. The summed E-state index contributed by atoms with van der Waals surface area (Å²) in [6.07, 6.45) is 5.03. The Morgan fingerprint density at radius 1 is 1.50 bits per heavy atom. The van der Waals surface area contributed by atoms with Crippen molar-refractivity contribution >= 4 is 17.6 Å². The van der Waals surface area contributed by atoms with Gasteiger partial charge in [0.05, 0.1) is 0 Å². The molecular weight excluding hydrogens is 222 g/mol. The fourth-order valence-electron chi connectivity index (χ4n) is 1.65. The Hall–Kier alpha value is -0.420. The Kier molecular flexibility index (Phi) is 7.58. The van der Waals surface area contributed by atoms with Crippen molar-refractivity contribution in [2.45, 2.75) is 50.8 Å². The summed E-state index contributed by atoms with van der Waals surface area (Å²) in [6, 6.07) is 0.237. The van der Waals surface area contributed by atoms with Gasteiger partial charge >= 0.3 is 0 Å². The van der Waals surface area contributed by atoms with Crippen LogP contribution in [0.2, 0.25) is 0 Å². The molecule has 0 saturated heterocycles. The molecule has 1 unspecified atom stereocenters. The van der Waals surface area contributed by atoms with Gasteiger partial charge < -0.3 is 16.3 Å². The van der Waals surface area contributed by atoms with Crippen LogP contribution in [0.4, 0.5) is 0 Å². The first kappa shape index (κ1) is 15.6. The van der Waals surface area contributed by atoms with Crippen LogP contribution in [0.3, 0.4) is 0 Å². The molecule has 0 aromatic rings. The van der Waals surface area contributed by atoms with Gasteiger partial charge in [-0.15, -0.1) is 0 Å². The van der Waals surface area contributed by atoms with Crippen molar-refractivity contribution in [2.75, 3.05) is 12.8 Å². The van der Waals surface area contributed by atoms with Gasteiger partial charge in [0, 0.05) is 23.8 Å². The van der Waals surface area contributed by atoms with Crippen LogP contribution in [0.1, 0.15) is 40.0 Å². The minimum Gasteiger partial charge on any atom is -0.409 e. The molecule has 1 atom stereocenters. The van der Waals surface area contributed by atoms with Gasteiger partial charge in [-0.05, 0) is 26.0 Å². The summed E-state index contributed by atoms with van der Waals surface area (Å²) in [5.41, 5.74) is 5.47. The molecule has 16 heavy (non-hydrogen) atoms. The van der Waals surface area contributed by atoms with E-state index < -0.39 is 0 Å². The van der Waals surface area contributed by atoms with Crippen molar-refractivity contribution < 1.29 is 5.21 Å². The largest absolute Gasteiger partial charge is 0.409 e. The molecule has 0 aliphatic carbocycles. The summed E-state index contributed by atoms with van der Waals surface area (Å²) in [4.78, 5) is 0. The molecule has 0 heterocycles. The number of oxime groups is 1. The number of thioether (sulfide) groups is 1. The third-order valence-electron chi connectivity index (χ3n) is 3.14. The molecule has 5 heteroatoms. The molecule has 0 aromatic carbocycles. The number of hydrogen-bond acceptors (Lipinski definition) is 4. The molecule has 0 saturated carbocycles. The molecule has 96 valence electrons. The van der Waals surface area contributed by atoms with Gasteiger partial charge in [-0.3, -0.25) is 0 Å². The molecule has 4 nitrogen and oxygen atoms in total. The van der Waals surface area contributed by atoms with Crippen LogP contribution in [0.15, 0.2) is 5.16 Å². The Balaban J connectivity index is 4.11. The smallest absolute Gasteiger partial charge is 0.140 e. The molecule has 0 aliphatic rings. The highest BCUT2D eigenvalue weighted by molar-refractivity contribution is 8.00. The molecule has 0 aliphatic heterocycles. The second kappa shape index (κ2) is 7.79. The average molecular weight is 247 g/mol. The first-order chi connectivity index (χ1) is 7.53. The van der Waals surface area contributed by atoms with Gasteiger partial charge in [0.1, 0.15) is 5.84 Å². The summed E-state index contributed by atoms with van der Waals surface area (Å²) in [6.45, 7) is 7.45. The first-order valence-electron chi connectivity index (χ1n) is 5.78. The normalized spacial score (nSPS) is 15.1. The van der Waals surface area contributed by atoms with Crippen molar-refractivity contribution in [3.05, 3.63) is 0 Å². The highest BCUT2D eigenvalue weighted by Crippen LogP contribution is 2.29. The number of nitrogens with zero attached hydrogens (tertiary/aromatic N) is 1. The molecule has 0 radical (unpaired) electrons. The predicted molar refractivity (Wildman–Crippen MR) is 72.3 cm³/mol. The standard InChI is InChI=1S/C11H25N3OS/c1-5-11(6-2,16-4)8-13-9(3)7-10(12)14-15/h9,13,15H,5-8H2,1-4H3,(H2,12,14). The third-order valence-corrected chi connectivity index (χ3v) is 4.73. The fourth-order valence-corrected chi connectivity index (χ4v) is 2.45. The molecular formula is C11H25N3OS. The Labute approximate surface area is 103 Å². The van der Waals surface area contributed by atoms with E-state index in [0.29, 0.717) is 11.2 Å². The van der Waals surface area contributed by atoms with Crippen LogP contribution in [0, 0.1) is 0 Å². The second-order valence-corrected chi connectivity index (χ2v) is 5.45. The highest BCUT2D eigenvalue weighted by atomic mass is 32.2. The zero-order valence-electron chi connectivity index (χ0n) is 10.8. The van der Waals surface area contributed by atoms with E-state index in [2.05, 4.69) is 37.5 Å². The van der Waals surface area contributed by atoms with Crippen molar-refractivity contribution in [2.24, 2.45) is 10.9 Å². The van der Waals surface area contributed by atoms with Crippen molar-refractivity contribution in [3.8, 4) is 0 Å². The van der Waals surface area contributed by atoms with Crippen molar-refractivity contribution in [3.63, 3.8) is 0 Å². The van der Waals surface area contributed by atoms with Crippen molar-refractivity contribution in [1.82, 2.24) is 5.32 Å². The highest BCUT2D eigenvalue weighted by Gasteiger charge is 2.25. The third kappa shape index (κ3) is 5.07. The average Bonchev–Trinajstić information content (AvgIpc) is 2.31. The van der Waals surface area contributed by atoms with Gasteiger partial charge in [0.2, 0.25) is 0 Å². The SMILES string of the molecule is CCC(CC)(CNC(C)CC(N)=NO)SC. The number of rotatable bonds is 8. The number of hydrogen-bond donors (Lipinski definition) is 3. The monoisotopic (exact) mass is 247 g/mol. The molecule has 0 spiro atoms. The summed E-state index contributed by atoms with van der Waals surface area (Å²) in [5.74, 6) is 0.280. The van der Waals surface area contributed by atoms with E-state index in [1.807, 2.05) is 11.8 Å². The molecule has 0 bridgehead atoms. The minimum absolute atomic E-state index is 0.237. The van der Waals surface area contributed by atoms with E-state index in [9.17, 15) is 0 Å². The number of nitrogens with two attached hydrogens (primary N) is 1. The van der Waals surface area contributed by atoms with Crippen molar-refractivity contribution in [1.29, 1.82) is 0 Å². The van der Waals surface area contributed by atoms with E-state index in [-0.39, 0.29) is 11.9 Å². The van der Waals surface area contributed by atoms with Gasteiger partial charge in [0.15, 0.2) is 0 Å². The molecule has 0 fully saturated rings. The van der Waals surface area contributed by atoms with Crippen LogP contribution >= 0.6 is 11.8 Å². The predicted octanol–water partition coefficient (Wildman–Crippen LogP) is 2.02. The van der Waals surface area contributed by atoms with E-state index in [1.54, 1.807) is 0 Å². The van der Waals surface area contributed by atoms with Gasteiger partial charge in [-0.1, -0.05) is 19.0 Å². The lowest BCUT2D eigenvalue weighted by Crippen LogP contribution is -2.42. The number of nitrogens with one attached hydrogen (secondary N) is 1. The summed E-state index contributed by atoms with van der Waals surface area (Å²) in [5, 5.41) is 14.9. The lowest BCUT2D eigenvalue weighted by molar-refractivity contribution is 0.315. The molecule has 0 amide bonds. The van der Waals surface area contributed by atoms with E-state index in [1.165, 1.54) is 0 Å². The first-order valence-corrected chi connectivity index (χ1v) is 7.01. The van der Waals surface area contributed by atoms with Crippen LogP contribution in [0.25, 0.3) is 0 Å². The van der Waals surface area contributed by atoms with E-state index in [0.717, 1.165) is 19.4 Å². The second-order valence-electron chi connectivity index (χ2n) is 4.17. The maximum absolute atomic E-state index is 8.48. The fraction of sp³-hybridized carbons (Fsp3) is 0.909. The Morgan fingerprint density at radius 2 is 2.06 bits per heavy atom. The van der Waals surface area contributed by atoms with Crippen LogP contribution in [-0.2, 0) is 0 Å². The quantitative estimate of drug-likeness (QED) is 0.266. The van der Waals surface area contributed by atoms with Crippen LogP contribution < -0.4 is 11.1 Å². The maximum Gasteiger partial charge on any atom is 0.140 e. The van der Waals surface area contributed by atoms with Crippen LogP contribution in [-0.4, -0.2) is 34.6 Å². The van der Waals surface area contributed by atoms with Crippen LogP contribution in [0.5, 0.6) is 0 Å². The molecule has 0 aromatic heterocycles. The summed E-state index contributed by atoms with van der Waals surface area (Å²) >= 11 is 1.91. The topological polar surface area (TPSA) is 70.6 Å². The van der Waals surface area contributed by atoms with Gasteiger partial charge in [-0.25, -0.2) is 0 Å². The van der Waals surface area contributed by atoms with E-state index >= 15 is 0 Å². The minimum atomic E-state index is 0.237. The lowest BCUT2D eigenvalue weighted by Gasteiger charge is -2.31. The zero-order chi connectivity index (χ0) is 12.6.